The lowest BCUT2D eigenvalue weighted by molar-refractivity contribution is -0.141. The van der Waals surface area contributed by atoms with Gasteiger partial charge in [-0.25, -0.2) is 14.6 Å². The van der Waals surface area contributed by atoms with E-state index < -0.39 is 11.9 Å². The molecule has 0 bridgehead atoms. The summed E-state index contributed by atoms with van der Waals surface area (Å²) in [5, 5.41) is 11.3. The minimum Gasteiger partial charge on any atom is -0.471 e. The van der Waals surface area contributed by atoms with E-state index in [2.05, 4.69) is 25.6 Å². The summed E-state index contributed by atoms with van der Waals surface area (Å²) in [4.78, 5) is 7.78. The molecule has 1 N–H and O–H groups in total. The number of nitrogens with zero attached hydrogens (tertiary/aromatic N) is 5. The summed E-state index contributed by atoms with van der Waals surface area (Å²) in [6, 6.07) is 4.13. The van der Waals surface area contributed by atoms with Crippen molar-refractivity contribution in [1.29, 1.82) is 0 Å². The number of alkyl halides is 3. The third-order valence-electron chi connectivity index (χ3n) is 4.54. The van der Waals surface area contributed by atoms with Gasteiger partial charge in [0.2, 0.25) is 5.88 Å². The summed E-state index contributed by atoms with van der Waals surface area (Å²) in [5.41, 5.74) is 2.98. The molecule has 0 spiro atoms. The number of halogens is 3. The first-order valence-corrected chi connectivity index (χ1v) is 8.68. The van der Waals surface area contributed by atoms with Gasteiger partial charge in [-0.2, -0.15) is 13.2 Å². The second kappa shape index (κ2) is 7.19. The van der Waals surface area contributed by atoms with Crippen molar-refractivity contribution in [3.8, 4) is 11.6 Å². The highest BCUT2D eigenvalue weighted by Gasteiger charge is 2.32. The SMILES string of the molecule is Cc1nnn(-c2ccc(C(F)(F)F)nc2)c1COc1cc2c(cn1)CNCC2. The molecule has 0 saturated carbocycles. The number of hydrogen-bond acceptors (Lipinski definition) is 6. The van der Waals surface area contributed by atoms with Gasteiger partial charge >= 0.3 is 6.18 Å². The molecule has 7 nitrogen and oxygen atoms in total. The van der Waals surface area contributed by atoms with Crippen LogP contribution >= 0.6 is 0 Å². The smallest absolute Gasteiger partial charge is 0.433 e. The zero-order valence-corrected chi connectivity index (χ0v) is 15.0. The number of pyridine rings is 2. The number of ether oxygens (including phenoxy) is 1. The third kappa shape index (κ3) is 3.68. The Hall–Kier alpha value is -3.01. The Morgan fingerprint density at radius 2 is 2.04 bits per heavy atom. The van der Waals surface area contributed by atoms with Crippen LogP contribution in [-0.2, 0) is 25.7 Å². The van der Waals surface area contributed by atoms with E-state index in [4.69, 9.17) is 4.74 Å². The van der Waals surface area contributed by atoms with Crippen molar-refractivity contribution in [3.63, 3.8) is 0 Å². The summed E-state index contributed by atoms with van der Waals surface area (Å²) in [6.07, 6.45) is -0.677. The van der Waals surface area contributed by atoms with Crippen LogP contribution in [0.2, 0.25) is 0 Å². The molecule has 4 rings (SSSR count). The average molecular weight is 390 g/mol. The van der Waals surface area contributed by atoms with Gasteiger partial charge in [-0.3, -0.25) is 0 Å². The maximum atomic E-state index is 12.7. The number of fused-ring (bicyclic) bond motifs is 1. The lowest BCUT2D eigenvalue weighted by Crippen LogP contribution is -2.23. The number of rotatable bonds is 4. The lowest BCUT2D eigenvalue weighted by Gasteiger charge is -2.17. The second-order valence-corrected chi connectivity index (χ2v) is 6.44. The molecule has 1 aliphatic heterocycles. The Labute approximate surface area is 158 Å². The van der Waals surface area contributed by atoms with Gasteiger partial charge in [-0.15, -0.1) is 5.10 Å². The van der Waals surface area contributed by atoms with Crippen molar-refractivity contribution in [3.05, 3.63) is 58.8 Å². The number of aryl methyl sites for hydroxylation is 1. The molecule has 3 aromatic rings. The van der Waals surface area contributed by atoms with Crippen molar-refractivity contribution in [2.45, 2.75) is 32.7 Å². The van der Waals surface area contributed by atoms with Crippen LogP contribution in [-0.4, -0.2) is 31.5 Å². The quantitative estimate of drug-likeness (QED) is 0.738. The summed E-state index contributed by atoms with van der Waals surface area (Å²) in [5.74, 6) is 0.485. The molecule has 0 aliphatic carbocycles. The third-order valence-corrected chi connectivity index (χ3v) is 4.54. The first-order valence-electron chi connectivity index (χ1n) is 8.68. The summed E-state index contributed by atoms with van der Waals surface area (Å²) in [6.45, 7) is 3.59. The van der Waals surface area contributed by atoms with Gasteiger partial charge < -0.3 is 10.1 Å². The van der Waals surface area contributed by atoms with Crippen LogP contribution in [0.3, 0.4) is 0 Å². The van der Waals surface area contributed by atoms with E-state index in [0.717, 1.165) is 37.3 Å². The highest BCUT2D eigenvalue weighted by atomic mass is 19.4. The molecule has 4 heterocycles. The predicted molar refractivity (Wildman–Crippen MR) is 92.9 cm³/mol. The molecule has 1 aliphatic rings. The standard InChI is InChI=1S/C18H17F3N6O/c1-11-15(10-28-17-6-12-4-5-22-7-13(12)8-24-17)27(26-25-11)14-2-3-16(23-9-14)18(19,20)21/h2-3,6,8-9,22H,4-5,7,10H2,1H3. The van der Waals surface area contributed by atoms with Crippen molar-refractivity contribution >= 4 is 0 Å². The fourth-order valence-corrected chi connectivity index (χ4v) is 2.99. The zero-order chi connectivity index (χ0) is 19.7. The number of hydrogen-bond donors (Lipinski definition) is 1. The molecule has 0 radical (unpaired) electrons. The van der Waals surface area contributed by atoms with Crippen LogP contribution in [0.25, 0.3) is 5.69 Å². The minimum atomic E-state index is -4.49. The molecule has 0 saturated heterocycles. The van der Waals surface area contributed by atoms with E-state index in [1.807, 2.05) is 6.07 Å². The largest absolute Gasteiger partial charge is 0.471 e. The van der Waals surface area contributed by atoms with Crippen molar-refractivity contribution in [2.75, 3.05) is 6.54 Å². The van der Waals surface area contributed by atoms with Gasteiger partial charge in [0, 0.05) is 18.8 Å². The summed E-state index contributed by atoms with van der Waals surface area (Å²) < 4.78 is 45.3. The Bertz CT molecular complexity index is 984. The maximum Gasteiger partial charge on any atom is 0.433 e. The molecular formula is C18H17F3N6O. The van der Waals surface area contributed by atoms with E-state index in [1.165, 1.54) is 16.3 Å². The summed E-state index contributed by atoms with van der Waals surface area (Å²) in [7, 11) is 0. The molecule has 10 heteroatoms. The molecule has 0 amide bonds. The zero-order valence-electron chi connectivity index (χ0n) is 15.0. The van der Waals surface area contributed by atoms with Gasteiger partial charge in [-0.05, 0) is 43.1 Å². The molecule has 3 aromatic heterocycles. The topological polar surface area (TPSA) is 77.8 Å². The van der Waals surface area contributed by atoms with E-state index in [0.29, 0.717) is 23.0 Å². The highest BCUT2D eigenvalue weighted by molar-refractivity contribution is 5.33. The molecule has 0 unspecified atom stereocenters. The molecule has 28 heavy (non-hydrogen) atoms. The van der Waals surface area contributed by atoms with E-state index >= 15 is 0 Å². The van der Waals surface area contributed by atoms with E-state index in [1.54, 1.807) is 13.1 Å². The Morgan fingerprint density at radius 3 is 2.79 bits per heavy atom. The normalized spacial score (nSPS) is 14.0. The van der Waals surface area contributed by atoms with Crippen LogP contribution in [0.5, 0.6) is 5.88 Å². The Morgan fingerprint density at radius 1 is 1.18 bits per heavy atom. The maximum absolute atomic E-state index is 12.7. The predicted octanol–water partition coefficient (Wildman–Crippen LogP) is 2.61. The first kappa shape index (κ1) is 18.4. The minimum absolute atomic E-state index is 0.129. The van der Waals surface area contributed by atoms with Crippen LogP contribution in [0.1, 0.15) is 28.2 Å². The number of aromatic nitrogens is 5. The Kier molecular flexibility index (Phi) is 4.71. The van der Waals surface area contributed by atoms with Crippen molar-refractivity contribution in [1.82, 2.24) is 30.3 Å². The van der Waals surface area contributed by atoms with Crippen molar-refractivity contribution in [2.24, 2.45) is 0 Å². The van der Waals surface area contributed by atoms with Gasteiger partial charge in [0.25, 0.3) is 0 Å². The van der Waals surface area contributed by atoms with Gasteiger partial charge in [0.05, 0.1) is 17.6 Å². The summed E-state index contributed by atoms with van der Waals surface area (Å²) >= 11 is 0. The van der Waals surface area contributed by atoms with Crippen LogP contribution in [0.4, 0.5) is 13.2 Å². The van der Waals surface area contributed by atoms with Gasteiger partial charge in [0.1, 0.15) is 18.0 Å². The number of nitrogens with one attached hydrogen (secondary N) is 1. The average Bonchev–Trinajstić information content (AvgIpc) is 3.06. The fourth-order valence-electron chi connectivity index (χ4n) is 2.99. The van der Waals surface area contributed by atoms with Crippen LogP contribution in [0.15, 0.2) is 30.6 Å². The molecular weight excluding hydrogens is 373 g/mol. The van der Waals surface area contributed by atoms with E-state index in [9.17, 15) is 13.2 Å². The molecule has 0 atom stereocenters. The van der Waals surface area contributed by atoms with Crippen LogP contribution < -0.4 is 10.1 Å². The molecule has 0 aromatic carbocycles. The highest BCUT2D eigenvalue weighted by Crippen LogP contribution is 2.28. The second-order valence-electron chi connectivity index (χ2n) is 6.44. The molecule has 146 valence electrons. The van der Waals surface area contributed by atoms with Crippen molar-refractivity contribution < 1.29 is 17.9 Å². The Balaban J connectivity index is 1.54. The first-order chi connectivity index (χ1) is 13.4. The lowest BCUT2D eigenvalue weighted by atomic mass is 10.0. The van der Waals surface area contributed by atoms with Gasteiger partial charge in [0.15, 0.2) is 0 Å². The van der Waals surface area contributed by atoms with E-state index in [-0.39, 0.29) is 6.61 Å². The fraction of sp³-hybridized carbons (Fsp3) is 0.333. The molecule has 0 fully saturated rings. The monoisotopic (exact) mass is 390 g/mol. The van der Waals surface area contributed by atoms with Gasteiger partial charge in [-0.1, -0.05) is 5.21 Å². The van der Waals surface area contributed by atoms with Crippen LogP contribution in [0, 0.1) is 6.92 Å².